The van der Waals surface area contributed by atoms with Gasteiger partial charge in [0, 0.05) is 25.1 Å². The Kier molecular flexibility index (Phi) is 3.62. The van der Waals surface area contributed by atoms with E-state index in [9.17, 15) is 4.79 Å². The van der Waals surface area contributed by atoms with Gasteiger partial charge in [-0.1, -0.05) is 11.6 Å². The molecule has 6 heteroatoms. The Morgan fingerprint density at radius 1 is 1.56 bits per heavy atom. The number of amides is 1. The lowest BCUT2D eigenvalue weighted by Gasteiger charge is -2.05. The minimum absolute atomic E-state index is 0.252. The van der Waals surface area contributed by atoms with Crippen LogP contribution in [0, 0.1) is 6.92 Å². The minimum Gasteiger partial charge on any atom is -0.346 e. The van der Waals surface area contributed by atoms with Gasteiger partial charge in [0.15, 0.2) is 0 Å². The number of aromatic nitrogens is 3. The molecule has 94 valence electrons. The first-order valence-corrected chi connectivity index (χ1v) is 5.83. The molecule has 0 saturated carbocycles. The van der Waals surface area contributed by atoms with Crippen LogP contribution >= 0.6 is 11.6 Å². The van der Waals surface area contributed by atoms with E-state index in [0.29, 0.717) is 17.1 Å². The number of carbonyl (C=O) groups is 1. The van der Waals surface area contributed by atoms with Gasteiger partial charge in [-0.3, -0.25) is 14.5 Å². The summed E-state index contributed by atoms with van der Waals surface area (Å²) in [5.41, 5.74) is 1.95. The second-order valence-electron chi connectivity index (χ2n) is 3.97. The molecule has 0 radical (unpaired) electrons. The molecule has 0 spiro atoms. The van der Waals surface area contributed by atoms with Crippen molar-refractivity contribution < 1.29 is 4.79 Å². The number of carbonyl (C=O) groups excluding carboxylic acids is 1. The average molecular weight is 265 g/mol. The molecule has 0 bridgehead atoms. The van der Waals surface area contributed by atoms with Crippen molar-refractivity contribution in [3.63, 3.8) is 0 Å². The van der Waals surface area contributed by atoms with Crippen LogP contribution in [-0.4, -0.2) is 20.7 Å². The Labute approximate surface area is 110 Å². The first-order valence-electron chi connectivity index (χ1n) is 5.45. The van der Waals surface area contributed by atoms with Crippen LogP contribution in [0.15, 0.2) is 24.5 Å². The van der Waals surface area contributed by atoms with Crippen molar-refractivity contribution in [2.45, 2.75) is 13.5 Å². The normalized spacial score (nSPS) is 10.4. The van der Waals surface area contributed by atoms with Crippen molar-refractivity contribution in [3.8, 4) is 0 Å². The molecule has 5 nitrogen and oxygen atoms in total. The highest BCUT2D eigenvalue weighted by atomic mass is 35.5. The summed E-state index contributed by atoms with van der Waals surface area (Å²) in [5.74, 6) is -0.252. The Balaban J connectivity index is 2.03. The van der Waals surface area contributed by atoms with Gasteiger partial charge in [-0.05, 0) is 19.1 Å². The summed E-state index contributed by atoms with van der Waals surface area (Å²) in [6, 6.07) is 3.51. The molecular weight excluding hydrogens is 252 g/mol. The van der Waals surface area contributed by atoms with Crippen molar-refractivity contribution >= 4 is 17.5 Å². The number of nitrogens with zero attached hydrogens (tertiary/aromatic N) is 3. The fraction of sp³-hybridized carbons (Fsp3) is 0.250. The van der Waals surface area contributed by atoms with Crippen molar-refractivity contribution in [1.29, 1.82) is 0 Å². The summed E-state index contributed by atoms with van der Waals surface area (Å²) in [4.78, 5) is 15.9. The van der Waals surface area contributed by atoms with Gasteiger partial charge in [0.1, 0.15) is 0 Å². The third kappa shape index (κ3) is 2.87. The Bertz CT molecular complexity index is 579. The number of halogens is 1. The zero-order valence-electron chi connectivity index (χ0n) is 10.1. The summed E-state index contributed by atoms with van der Waals surface area (Å²) in [5, 5.41) is 7.32. The van der Waals surface area contributed by atoms with E-state index in [2.05, 4.69) is 15.4 Å². The van der Waals surface area contributed by atoms with Crippen LogP contribution in [0.4, 0.5) is 0 Å². The predicted molar refractivity (Wildman–Crippen MR) is 68.4 cm³/mol. The van der Waals surface area contributed by atoms with Crippen LogP contribution in [0.25, 0.3) is 0 Å². The topological polar surface area (TPSA) is 59.8 Å². The molecular formula is C12H13ClN4O. The average Bonchev–Trinajstić information content (AvgIpc) is 2.72. The van der Waals surface area contributed by atoms with Crippen molar-refractivity contribution in [2.75, 3.05) is 0 Å². The molecule has 0 aromatic carbocycles. The summed E-state index contributed by atoms with van der Waals surface area (Å²) < 4.78 is 1.68. The Morgan fingerprint density at radius 2 is 2.33 bits per heavy atom. The smallest absolute Gasteiger partial charge is 0.254 e. The molecule has 2 heterocycles. The third-order valence-electron chi connectivity index (χ3n) is 2.43. The first-order chi connectivity index (χ1) is 8.56. The van der Waals surface area contributed by atoms with Gasteiger partial charge in [-0.2, -0.15) is 5.10 Å². The van der Waals surface area contributed by atoms with E-state index < -0.39 is 0 Å². The quantitative estimate of drug-likeness (QED) is 0.918. The van der Waals surface area contributed by atoms with Crippen molar-refractivity contribution in [3.05, 3.63) is 46.5 Å². The maximum absolute atomic E-state index is 11.9. The van der Waals surface area contributed by atoms with Crippen LogP contribution in [0.1, 0.15) is 21.7 Å². The number of nitrogens with one attached hydrogen (secondary N) is 1. The summed E-state index contributed by atoms with van der Waals surface area (Å²) in [6.45, 7) is 2.19. The van der Waals surface area contributed by atoms with Crippen LogP contribution in [0.3, 0.4) is 0 Å². The van der Waals surface area contributed by atoms with Gasteiger partial charge in [-0.25, -0.2) is 0 Å². The second kappa shape index (κ2) is 5.18. The number of hydrogen-bond donors (Lipinski definition) is 1. The minimum atomic E-state index is -0.252. The molecule has 0 aliphatic heterocycles. The molecule has 0 unspecified atom stereocenters. The molecule has 1 N–H and O–H groups in total. The molecule has 1 amide bonds. The fourth-order valence-electron chi connectivity index (χ4n) is 1.52. The second-order valence-corrected chi connectivity index (χ2v) is 4.38. The molecule has 0 fully saturated rings. The van der Waals surface area contributed by atoms with Crippen LogP contribution in [0.2, 0.25) is 5.02 Å². The number of aryl methyl sites for hydroxylation is 2. The maximum atomic E-state index is 11.9. The van der Waals surface area contributed by atoms with Gasteiger partial charge in [0.25, 0.3) is 5.91 Å². The van der Waals surface area contributed by atoms with E-state index in [0.717, 1.165) is 11.4 Å². The molecule has 0 aliphatic rings. The molecule has 18 heavy (non-hydrogen) atoms. The van der Waals surface area contributed by atoms with E-state index in [4.69, 9.17) is 11.6 Å². The van der Waals surface area contributed by atoms with Gasteiger partial charge in [0.2, 0.25) is 0 Å². The van der Waals surface area contributed by atoms with E-state index >= 15 is 0 Å². The third-order valence-corrected chi connectivity index (χ3v) is 2.75. The van der Waals surface area contributed by atoms with Crippen LogP contribution < -0.4 is 5.32 Å². The fourth-order valence-corrected chi connectivity index (χ4v) is 1.81. The van der Waals surface area contributed by atoms with Crippen LogP contribution in [0.5, 0.6) is 0 Å². The van der Waals surface area contributed by atoms with Gasteiger partial charge in [0.05, 0.1) is 22.8 Å². The van der Waals surface area contributed by atoms with Gasteiger partial charge >= 0.3 is 0 Å². The summed E-state index contributed by atoms with van der Waals surface area (Å²) >= 11 is 5.99. The molecule has 2 rings (SSSR count). The van der Waals surface area contributed by atoms with E-state index in [1.807, 2.05) is 26.2 Å². The highest BCUT2D eigenvalue weighted by Gasteiger charge is 2.11. The molecule has 0 saturated heterocycles. The Morgan fingerprint density at radius 3 is 2.94 bits per heavy atom. The maximum Gasteiger partial charge on any atom is 0.254 e. The van der Waals surface area contributed by atoms with E-state index in [-0.39, 0.29) is 5.91 Å². The first kappa shape index (κ1) is 12.6. The molecule has 2 aromatic heterocycles. The molecule has 0 aliphatic carbocycles. The molecule has 0 atom stereocenters. The lowest BCUT2D eigenvalue weighted by Crippen LogP contribution is -2.23. The van der Waals surface area contributed by atoms with Crippen LogP contribution in [-0.2, 0) is 13.6 Å². The zero-order valence-corrected chi connectivity index (χ0v) is 10.9. The van der Waals surface area contributed by atoms with Gasteiger partial charge < -0.3 is 5.32 Å². The largest absolute Gasteiger partial charge is 0.346 e. The van der Waals surface area contributed by atoms with Gasteiger partial charge in [-0.15, -0.1) is 0 Å². The number of rotatable bonds is 3. The van der Waals surface area contributed by atoms with Crippen molar-refractivity contribution in [2.24, 2.45) is 7.05 Å². The predicted octanol–water partition coefficient (Wildman–Crippen LogP) is 1.71. The van der Waals surface area contributed by atoms with E-state index in [1.54, 1.807) is 10.7 Å². The summed E-state index contributed by atoms with van der Waals surface area (Å²) in [7, 11) is 1.83. The lowest BCUT2D eigenvalue weighted by atomic mass is 10.2. The SMILES string of the molecule is Cc1cc(Cl)c(C(=O)NCc2ccn(C)n2)cn1. The highest BCUT2D eigenvalue weighted by Crippen LogP contribution is 2.15. The Hall–Kier alpha value is -1.88. The standard InChI is InChI=1S/C12H13ClN4O/c1-8-5-11(13)10(7-14-8)12(18)15-6-9-3-4-17(2)16-9/h3-5,7H,6H2,1-2H3,(H,15,18). The lowest BCUT2D eigenvalue weighted by molar-refractivity contribution is 0.0950. The highest BCUT2D eigenvalue weighted by molar-refractivity contribution is 6.33. The molecule has 2 aromatic rings. The summed E-state index contributed by atoms with van der Waals surface area (Å²) in [6.07, 6.45) is 3.30. The van der Waals surface area contributed by atoms with E-state index in [1.165, 1.54) is 6.20 Å². The zero-order chi connectivity index (χ0) is 13.1. The number of pyridine rings is 1. The number of hydrogen-bond acceptors (Lipinski definition) is 3. The van der Waals surface area contributed by atoms with Crippen molar-refractivity contribution in [1.82, 2.24) is 20.1 Å². The monoisotopic (exact) mass is 264 g/mol.